The number of rotatable bonds is 14. The Morgan fingerprint density at radius 1 is 0.800 bits per heavy atom. The van der Waals surface area contributed by atoms with Crippen molar-refractivity contribution in [2.24, 2.45) is 28.7 Å². The highest BCUT2D eigenvalue weighted by Crippen LogP contribution is 2.32. The SMILES string of the molecule is NCC[C@@H](O)C(=O)N[C@@H]1CC[C@@H](CN)O[C@@H]1O[C@H]1[C@H](O)[C@@H](O[C@H]2O[C@H](CO)[C@@H](O)[C@H](N)[C@H]2O)[C@H](NC(=O)[C@H](O)CCN)C[C@@H]1N. The predicted molar refractivity (Wildman–Crippen MR) is 154 cm³/mol. The van der Waals surface area contributed by atoms with Crippen molar-refractivity contribution in [3.63, 3.8) is 0 Å². The molecule has 0 aromatic rings. The lowest BCUT2D eigenvalue weighted by atomic mass is 9.83. The van der Waals surface area contributed by atoms with Crippen LogP contribution in [0.3, 0.4) is 0 Å². The van der Waals surface area contributed by atoms with E-state index >= 15 is 0 Å². The average Bonchev–Trinajstić information content (AvgIpc) is 3.01. The van der Waals surface area contributed by atoms with E-state index in [1.807, 2.05) is 0 Å². The highest BCUT2D eigenvalue weighted by molar-refractivity contribution is 5.81. The molecule has 19 heteroatoms. The van der Waals surface area contributed by atoms with Crippen LogP contribution in [-0.4, -0.2) is 160 Å². The lowest BCUT2D eigenvalue weighted by molar-refractivity contribution is -0.314. The van der Waals surface area contributed by atoms with Crippen molar-refractivity contribution in [1.82, 2.24) is 10.6 Å². The molecule has 19 nitrogen and oxygen atoms in total. The summed E-state index contributed by atoms with van der Waals surface area (Å²) in [5.74, 6) is -1.51. The minimum absolute atomic E-state index is 0.0221. The van der Waals surface area contributed by atoms with Crippen LogP contribution in [0.4, 0.5) is 0 Å². The first kappa shape index (κ1) is 37.8. The van der Waals surface area contributed by atoms with Gasteiger partial charge in [0.05, 0.1) is 30.8 Å². The molecule has 0 aromatic carbocycles. The first-order chi connectivity index (χ1) is 21.4. The maximum atomic E-state index is 12.7. The van der Waals surface area contributed by atoms with Gasteiger partial charge in [0, 0.05) is 12.6 Å². The molecule has 18 N–H and O–H groups in total. The molecule has 45 heavy (non-hydrogen) atoms. The predicted octanol–water partition coefficient (Wildman–Crippen LogP) is -7.53. The molecule has 2 saturated heterocycles. The van der Waals surface area contributed by atoms with Gasteiger partial charge in [-0.25, -0.2) is 0 Å². The monoisotopic (exact) mass is 653 g/mol. The number of amides is 2. The van der Waals surface area contributed by atoms with E-state index in [0.29, 0.717) is 12.8 Å². The summed E-state index contributed by atoms with van der Waals surface area (Å²) in [6, 6.07) is -4.10. The number of hydrogen-bond donors (Lipinski definition) is 13. The zero-order valence-electron chi connectivity index (χ0n) is 25.0. The molecule has 1 aliphatic carbocycles. The van der Waals surface area contributed by atoms with E-state index in [1.165, 1.54) is 0 Å². The highest BCUT2D eigenvalue weighted by atomic mass is 16.7. The quantitative estimate of drug-likeness (QED) is 0.0827. The lowest BCUT2D eigenvalue weighted by Gasteiger charge is -2.48. The van der Waals surface area contributed by atoms with Crippen molar-refractivity contribution in [2.45, 2.75) is 124 Å². The van der Waals surface area contributed by atoms with Crippen molar-refractivity contribution < 1.29 is 59.2 Å². The number of nitrogens with one attached hydrogen (secondary N) is 2. The molecule has 0 aromatic heterocycles. The second kappa shape index (κ2) is 17.5. The topological polar surface area (TPSA) is 347 Å². The fourth-order valence-corrected chi connectivity index (χ4v) is 5.71. The summed E-state index contributed by atoms with van der Waals surface area (Å²) in [6.07, 6.45) is -13.9. The van der Waals surface area contributed by atoms with E-state index in [9.17, 15) is 40.2 Å². The third-order valence-electron chi connectivity index (χ3n) is 8.40. The Balaban J connectivity index is 1.86. The summed E-state index contributed by atoms with van der Waals surface area (Å²) in [6.45, 7) is -0.423. The third-order valence-corrected chi connectivity index (χ3v) is 8.40. The Labute approximate surface area is 260 Å². The number of nitrogens with two attached hydrogens (primary N) is 5. The summed E-state index contributed by atoms with van der Waals surface area (Å²) in [5, 5.41) is 67.7. The molecule has 0 radical (unpaired) electrons. The Morgan fingerprint density at radius 3 is 1.93 bits per heavy atom. The summed E-state index contributed by atoms with van der Waals surface area (Å²) in [4.78, 5) is 25.3. The summed E-state index contributed by atoms with van der Waals surface area (Å²) in [7, 11) is 0. The Hall–Kier alpha value is -1.66. The normalized spacial score (nSPS) is 40.4. The van der Waals surface area contributed by atoms with Crippen LogP contribution in [0.2, 0.25) is 0 Å². The van der Waals surface area contributed by atoms with E-state index in [4.69, 9.17) is 47.6 Å². The molecule has 3 aliphatic rings. The average molecular weight is 654 g/mol. The van der Waals surface area contributed by atoms with Gasteiger partial charge >= 0.3 is 0 Å². The van der Waals surface area contributed by atoms with E-state index in [-0.39, 0.29) is 38.9 Å². The molecular weight excluding hydrogens is 602 g/mol. The second-order valence-electron chi connectivity index (χ2n) is 11.7. The van der Waals surface area contributed by atoms with Crippen molar-refractivity contribution >= 4 is 11.8 Å². The zero-order chi connectivity index (χ0) is 33.4. The van der Waals surface area contributed by atoms with E-state index < -0.39 is 110 Å². The molecule has 0 unspecified atom stereocenters. The van der Waals surface area contributed by atoms with Crippen LogP contribution in [-0.2, 0) is 28.5 Å². The highest BCUT2D eigenvalue weighted by Gasteiger charge is 2.51. The maximum absolute atomic E-state index is 12.7. The number of carbonyl (C=O) groups excluding carboxylic acids is 2. The number of hydrogen-bond acceptors (Lipinski definition) is 17. The molecular formula is C26H51N7O12. The van der Waals surface area contributed by atoms with Gasteiger partial charge in [-0.2, -0.15) is 0 Å². The van der Waals surface area contributed by atoms with E-state index in [0.717, 1.165) is 0 Å². The second-order valence-corrected chi connectivity index (χ2v) is 11.7. The van der Waals surface area contributed by atoms with Crippen LogP contribution in [0.25, 0.3) is 0 Å². The van der Waals surface area contributed by atoms with Crippen LogP contribution < -0.4 is 39.3 Å². The summed E-state index contributed by atoms with van der Waals surface area (Å²) < 4.78 is 23.6. The van der Waals surface area contributed by atoms with Gasteiger partial charge in [-0.3, -0.25) is 9.59 Å². The van der Waals surface area contributed by atoms with Gasteiger partial charge in [0.15, 0.2) is 12.6 Å². The molecule has 3 rings (SSSR count). The van der Waals surface area contributed by atoms with Crippen molar-refractivity contribution in [2.75, 3.05) is 26.2 Å². The fraction of sp³-hybridized carbons (Fsp3) is 0.923. The largest absolute Gasteiger partial charge is 0.394 e. The smallest absolute Gasteiger partial charge is 0.249 e. The van der Waals surface area contributed by atoms with E-state index in [1.54, 1.807) is 0 Å². The number of aliphatic hydroxyl groups is 6. The first-order valence-corrected chi connectivity index (χ1v) is 15.2. The maximum Gasteiger partial charge on any atom is 0.249 e. The Bertz CT molecular complexity index is 941. The van der Waals surface area contributed by atoms with Crippen LogP contribution in [0.1, 0.15) is 32.1 Å². The molecule has 0 spiro atoms. The lowest BCUT2D eigenvalue weighted by Crippen LogP contribution is -2.69. The molecule has 1 saturated carbocycles. The number of ether oxygens (including phenoxy) is 4. The first-order valence-electron chi connectivity index (χ1n) is 15.2. The van der Waals surface area contributed by atoms with Gasteiger partial charge in [-0.1, -0.05) is 0 Å². The third kappa shape index (κ3) is 9.46. The molecule has 2 aliphatic heterocycles. The van der Waals surface area contributed by atoms with Crippen LogP contribution >= 0.6 is 0 Å². The standard InChI is InChI=1S/C26H51N7O12/c27-5-3-14(35)23(40)32-12-2-1-10(8-29)42-25(12)44-21-11(30)7-13(33-24(41)15(36)4-6-28)22(20(21)39)45-26-19(38)17(31)18(37)16(9-34)43-26/h10-22,25-26,34-39H,1-9,27-31H2,(H,32,40)(H,33,41)/t10-,11-,12+,13+,14+,15+,16+,17-,18+,19+,20-,21+,22-,25+,26+/m0/s1. The van der Waals surface area contributed by atoms with Gasteiger partial charge in [-0.05, 0) is 45.2 Å². The van der Waals surface area contributed by atoms with Crippen LogP contribution in [0.15, 0.2) is 0 Å². The van der Waals surface area contributed by atoms with Crippen molar-refractivity contribution in [3.05, 3.63) is 0 Å². The Morgan fingerprint density at radius 2 is 1.38 bits per heavy atom. The van der Waals surface area contributed by atoms with Gasteiger partial charge in [0.2, 0.25) is 11.8 Å². The van der Waals surface area contributed by atoms with Crippen molar-refractivity contribution in [1.29, 1.82) is 0 Å². The number of carbonyl (C=O) groups is 2. The molecule has 0 bridgehead atoms. The molecule has 15 atom stereocenters. The molecule has 2 amide bonds. The minimum atomic E-state index is -1.64. The number of aliphatic hydroxyl groups excluding tert-OH is 6. The zero-order valence-corrected chi connectivity index (χ0v) is 25.0. The molecule has 3 fully saturated rings. The molecule has 262 valence electrons. The van der Waals surface area contributed by atoms with Crippen molar-refractivity contribution in [3.8, 4) is 0 Å². The van der Waals surface area contributed by atoms with Crippen LogP contribution in [0, 0.1) is 0 Å². The van der Waals surface area contributed by atoms with Gasteiger partial charge in [0.1, 0.15) is 48.8 Å². The van der Waals surface area contributed by atoms with Gasteiger partial charge < -0.3 is 88.9 Å². The Kier molecular flexibility index (Phi) is 14.7. The van der Waals surface area contributed by atoms with Gasteiger partial charge in [-0.15, -0.1) is 0 Å². The van der Waals surface area contributed by atoms with E-state index in [2.05, 4.69) is 10.6 Å². The summed E-state index contributed by atoms with van der Waals surface area (Å²) >= 11 is 0. The summed E-state index contributed by atoms with van der Waals surface area (Å²) in [5.41, 5.74) is 29.1. The minimum Gasteiger partial charge on any atom is -0.394 e. The fourth-order valence-electron chi connectivity index (χ4n) is 5.71. The van der Waals surface area contributed by atoms with Gasteiger partial charge in [0.25, 0.3) is 0 Å². The molecule has 2 heterocycles. The van der Waals surface area contributed by atoms with Crippen LogP contribution in [0.5, 0.6) is 0 Å².